The molecule has 0 saturated heterocycles. The molecule has 0 aliphatic rings. The second-order valence-corrected chi connectivity index (χ2v) is 10.9. The summed E-state index contributed by atoms with van der Waals surface area (Å²) < 4.78 is 18.4. The third kappa shape index (κ3) is 43.0. The molecule has 52 heavy (non-hydrogen) atoms. The molecule has 0 aliphatic carbocycles. The molecule has 1 aromatic carbocycles. The molecule has 294 valence electrons. The van der Waals surface area contributed by atoms with E-state index in [1.54, 1.807) is 34.6 Å². The second-order valence-electron chi connectivity index (χ2n) is 10.9. The van der Waals surface area contributed by atoms with Crippen LogP contribution < -0.4 is 0 Å². The van der Waals surface area contributed by atoms with Gasteiger partial charge in [0.15, 0.2) is 0 Å². The van der Waals surface area contributed by atoms with Gasteiger partial charge in [0.25, 0.3) is 0 Å². The lowest BCUT2D eigenvalue weighted by Gasteiger charge is -2.14. The van der Waals surface area contributed by atoms with E-state index in [0.29, 0.717) is 41.4 Å². The summed E-state index contributed by atoms with van der Waals surface area (Å²) in [6, 6.07) is 10.0. The molecule has 11 heteroatoms. The predicted octanol–water partition coefficient (Wildman–Crippen LogP) is 8.26. The van der Waals surface area contributed by atoms with Gasteiger partial charge in [-0.05, 0) is 59.4 Å². The van der Waals surface area contributed by atoms with Crippen LogP contribution in [0.1, 0.15) is 86.6 Å². The number of carbonyl (C=O) groups excluding carboxylic acids is 4. The molecule has 1 atom stereocenters. The first-order chi connectivity index (χ1) is 24.2. The van der Waals surface area contributed by atoms with Crippen LogP contribution in [0, 0.1) is 5.92 Å². The van der Waals surface area contributed by atoms with E-state index in [1.165, 1.54) is 32.4 Å². The Balaban J connectivity index is -0.000000174. The number of ether oxygens (including phenoxy) is 4. The number of hydrogen-bond acceptors (Lipinski definition) is 10. The van der Waals surface area contributed by atoms with Crippen molar-refractivity contribution in [2.24, 2.45) is 5.92 Å². The molecule has 0 saturated carbocycles. The highest BCUT2D eigenvalue weighted by Crippen LogP contribution is 2.13. The standard InChI is InChI=1S/C12H22O2.C8H8.C6H10O3.C6H10O2.C5H8O2.C4H6O2/c1-5-7-8-11(6-2)9-14-12(13)10(3)4;1-2-8-6-4-3-5-7-8;1-5(2)6(8)9-4-3-7;1-4-8-6(7)5(2)3;1-4(2)5(6)7-3;1-3(2)4(5)6/h11H,3,5-9H2,1-2,4H3;2-7H,1H2;7H,1,3-4H2,2H3;2,4H2,1,3H3;1H2,2-3H3;1H2,2H3,(H,5,6). The molecular formula is C41H64O11. The number of methoxy groups -OCH3 is 1. The van der Waals surface area contributed by atoms with Gasteiger partial charge in [-0.15, -0.1) is 0 Å². The van der Waals surface area contributed by atoms with Crippen LogP contribution in [-0.2, 0) is 42.9 Å². The molecular weight excluding hydrogens is 668 g/mol. The SMILES string of the molecule is C=C(C)C(=O)O.C=C(C)C(=O)OC.C=C(C)C(=O)OCC.C=C(C)C(=O)OCC(CC)CCCC.C=C(C)C(=O)OCCO.C=Cc1ccccc1. The van der Waals surface area contributed by atoms with E-state index in [-0.39, 0.29) is 36.7 Å². The Morgan fingerprint density at radius 3 is 1.38 bits per heavy atom. The number of aliphatic carboxylic acids is 1. The number of hydrogen-bond donors (Lipinski definition) is 2. The van der Waals surface area contributed by atoms with Gasteiger partial charge in [0.1, 0.15) is 6.61 Å². The topological polar surface area (TPSA) is 163 Å². The molecule has 1 rings (SSSR count). The Labute approximate surface area is 312 Å². The number of carbonyl (C=O) groups is 5. The average Bonchev–Trinajstić information content (AvgIpc) is 3.11. The minimum Gasteiger partial charge on any atom is -0.478 e. The van der Waals surface area contributed by atoms with Gasteiger partial charge in [0.2, 0.25) is 0 Å². The maximum Gasteiger partial charge on any atom is 0.333 e. The molecule has 1 unspecified atom stereocenters. The summed E-state index contributed by atoms with van der Waals surface area (Å²) in [6.45, 7) is 35.3. The van der Waals surface area contributed by atoms with Gasteiger partial charge in [-0.25, -0.2) is 24.0 Å². The zero-order chi connectivity index (χ0) is 41.7. The fourth-order valence-electron chi connectivity index (χ4n) is 2.49. The highest BCUT2D eigenvalue weighted by Gasteiger charge is 2.10. The molecule has 0 aromatic heterocycles. The highest BCUT2D eigenvalue weighted by atomic mass is 16.5. The number of aliphatic hydroxyl groups excluding tert-OH is 1. The van der Waals surface area contributed by atoms with Gasteiger partial charge in [0, 0.05) is 27.9 Å². The zero-order valence-electron chi connectivity index (χ0n) is 33.0. The van der Waals surface area contributed by atoms with Crippen molar-refractivity contribution in [1.82, 2.24) is 0 Å². The van der Waals surface area contributed by atoms with Crippen LogP contribution >= 0.6 is 0 Å². The van der Waals surface area contributed by atoms with Crippen molar-refractivity contribution < 1.29 is 53.1 Å². The Bertz CT molecular complexity index is 1230. The molecule has 0 fully saturated rings. The van der Waals surface area contributed by atoms with Crippen molar-refractivity contribution in [3.63, 3.8) is 0 Å². The monoisotopic (exact) mass is 732 g/mol. The maximum atomic E-state index is 11.1. The number of aliphatic hydroxyl groups is 1. The number of esters is 4. The van der Waals surface area contributed by atoms with Crippen molar-refractivity contribution in [2.45, 2.75) is 81.1 Å². The van der Waals surface area contributed by atoms with Crippen LogP contribution in [0.5, 0.6) is 0 Å². The third-order valence-electron chi connectivity index (χ3n) is 5.57. The molecule has 0 bridgehead atoms. The van der Waals surface area contributed by atoms with E-state index in [9.17, 15) is 24.0 Å². The Morgan fingerprint density at radius 1 is 0.712 bits per heavy atom. The van der Waals surface area contributed by atoms with Crippen LogP contribution in [0.15, 0.2) is 97.7 Å². The number of rotatable bonds is 15. The first kappa shape index (κ1) is 56.3. The molecule has 0 aliphatic heterocycles. The van der Waals surface area contributed by atoms with E-state index >= 15 is 0 Å². The van der Waals surface area contributed by atoms with E-state index < -0.39 is 11.9 Å². The third-order valence-corrected chi connectivity index (χ3v) is 5.57. The number of carboxylic acids is 1. The first-order valence-corrected chi connectivity index (χ1v) is 16.6. The molecule has 0 spiro atoms. The largest absolute Gasteiger partial charge is 0.478 e. The minimum atomic E-state index is -0.935. The van der Waals surface area contributed by atoms with Crippen LogP contribution in [0.4, 0.5) is 0 Å². The Morgan fingerprint density at radius 2 is 1.13 bits per heavy atom. The maximum absolute atomic E-state index is 11.1. The smallest absolute Gasteiger partial charge is 0.333 e. The normalized spacial score (nSPS) is 9.27. The van der Waals surface area contributed by atoms with Gasteiger partial charge in [0.05, 0.1) is 26.9 Å². The van der Waals surface area contributed by atoms with Crippen molar-refractivity contribution in [3.8, 4) is 0 Å². The molecule has 0 radical (unpaired) electrons. The van der Waals surface area contributed by atoms with Crippen molar-refractivity contribution in [2.75, 3.05) is 33.5 Å². The van der Waals surface area contributed by atoms with E-state index in [1.807, 2.05) is 36.4 Å². The predicted molar refractivity (Wildman–Crippen MR) is 209 cm³/mol. The summed E-state index contributed by atoms with van der Waals surface area (Å²) in [5.74, 6) is -1.80. The summed E-state index contributed by atoms with van der Waals surface area (Å²) in [6.07, 6.45) is 6.47. The number of benzene rings is 1. The van der Waals surface area contributed by atoms with E-state index in [0.717, 1.165) is 12.8 Å². The van der Waals surface area contributed by atoms with Gasteiger partial charge in [-0.1, -0.05) is 109 Å². The minimum absolute atomic E-state index is 0.0473. The van der Waals surface area contributed by atoms with E-state index in [4.69, 9.17) is 14.9 Å². The lowest BCUT2D eigenvalue weighted by molar-refractivity contribution is -0.141. The van der Waals surface area contributed by atoms with Gasteiger partial charge in [-0.2, -0.15) is 0 Å². The molecule has 1 aromatic rings. The summed E-state index contributed by atoms with van der Waals surface area (Å²) in [5.41, 5.74) is 3.07. The van der Waals surface area contributed by atoms with Crippen LogP contribution in [0.2, 0.25) is 0 Å². The van der Waals surface area contributed by atoms with Crippen molar-refractivity contribution in [1.29, 1.82) is 0 Å². The zero-order valence-corrected chi connectivity index (χ0v) is 33.0. The number of carboxylic acid groups (broad SMARTS) is 1. The fourth-order valence-corrected chi connectivity index (χ4v) is 2.49. The van der Waals surface area contributed by atoms with Crippen LogP contribution in [-0.4, -0.2) is 73.6 Å². The quantitative estimate of drug-likeness (QED) is 0.101. The van der Waals surface area contributed by atoms with Gasteiger partial charge in [-0.3, -0.25) is 0 Å². The molecule has 0 amide bonds. The van der Waals surface area contributed by atoms with Crippen molar-refractivity contribution in [3.05, 3.63) is 103 Å². The second kappa shape index (κ2) is 38.8. The summed E-state index contributed by atoms with van der Waals surface area (Å²) in [5, 5.41) is 16.1. The summed E-state index contributed by atoms with van der Waals surface area (Å²) >= 11 is 0. The lowest BCUT2D eigenvalue weighted by atomic mass is 10.0. The summed E-state index contributed by atoms with van der Waals surface area (Å²) in [7, 11) is 1.33. The van der Waals surface area contributed by atoms with Gasteiger partial charge < -0.3 is 29.2 Å². The Hall–Kier alpha value is -5.03. The number of unbranched alkanes of at least 4 members (excludes halogenated alkanes) is 1. The fraction of sp³-hybridized carbons (Fsp3) is 0.439. The van der Waals surface area contributed by atoms with E-state index in [2.05, 4.69) is 67.5 Å². The molecule has 2 N–H and O–H groups in total. The van der Waals surface area contributed by atoms with Crippen LogP contribution in [0.25, 0.3) is 6.08 Å². The van der Waals surface area contributed by atoms with Gasteiger partial charge >= 0.3 is 29.8 Å². The van der Waals surface area contributed by atoms with Crippen molar-refractivity contribution >= 4 is 35.9 Å². The lowest BCUT2D eigenvalue weighted by Crippen LogP contribution is -2.14. The average molecular weight is 733 g/mol. The molecule has 11 nitrogen and oxygen atoms in total. The Kier molecular flexibility index (Phi) is 42.0. The van der Waals surface area contributed by atoms with Crippen LogP contribution in [0.3, 0.4) is 0 Å². The first-order valence-electron chi connectivity index (χ1n) is 16.6. The summed E-state index contributed by atoms with van der Waals surface area (Å²) in [4.78, 5) is 51.8. The molecule has 0 heterocycles. The highest BCUT2D eigenvalue weighted by molar-refractivity contribution is 5.88.